The lowest BCUT2D eigenvalue weighted by molar-refractivity contribution is 0.0601. The minimum atomic E-state index is -3.46. The molecule has 3 heterocycles. The molecule has 2 aromatic heterocycles. The third-order valence-corrected chi connectivity index (χ3v) is 6.99. The number of methoxy groups -OCH3 is 1. The van der Waals surface area contributed by atoms with E-state index in [0.717, 1.165) is 0 Å². The van der Waals surface area contributed by atoms with E-state index < -0.39 is 16.0 Å². The van der Waals surface area contributed by atoms with E-state index in [0.29, 0.717) is 41.5 Å². The number of rotatable bonds is 5. The maximum atomic E-state index is 12.3. The molecular formula is C16H19N3O4S2. The fourth-order valence-electron chi connectivity index (χ4n) is 2.82. The van der Waals surface area contributed by atoms with Crippen molar-refractivity contribution in [2.24, 2.45) is 0 Å². The van der Waals surface area contributed by atoms with Crippen LogP contribution >= 0.6 is 11.3 Å². The molecule has 134 valence electrons. The average molecular weight is 381 g/mol. The maximum absolute atomic E-state index is 12.3. The number of hydrogen-bond donors (Lipinski definition) is 1. The number of sulfonamides is 1. The molecule has 1 N–H and O–H groups in total. The number of carbonyl (C=O) groups is 1. The van der Waals surface area contributed by atoms with E-state index >= 15 is 0 Å². The first-order valence-electron chi connectivity index (χ1n) is 7.85. The van der Waals surface area contributed by atoms with Gasteiger partial charge in [0.1, 0.15) is 15.6 Å². The van der Waals surface area contributed by atoms with Crippen molar-refractivity contribution in [1.29, 1.82) is 0 Å². The van der Waals surface area contributed by atoms with Gasteiger partial charge in [-0.15, -0.1) is 11.3 Å². The second-order valence-corrected chi connectivity index (χ2v) is 8.57. The van der Waals surface area contributed by atoms with Crippen molar-refractivity contribution < 1.29 is 17.9 Å². The quantitative estimate of drug-likeness (QED) is 0.796. The summed E-state index contributed by atoms with van der Waals surface area (Å²) in [5, 5.41) is 1.74. The Morgan fingerprint density at radius 2 is 2.08 bits per heavy atom. The first-order valence-corrected chi connectivity index (χ1v) is 10.2. The summed E-state index contributed by atoms with van der Waals surface area (Å²) in [7, 11) is -2.13. The highest BCUT2D eigenvalue weighted by molar-refractivity contribution is 7.91. The third-order valence-electron chi connectivity index (χ3n) is 4.07. The van der Waals surface area contributed by atoms with Gasteiger partial charge in [-0.3, -0.25) is 0 Å². The normalized spacial score (nSPS) is 16.0. The Labute approximate surface area is 150 Å². The number of thiophene rings is 1. The van der Waals surface area contributed by atoms with E-state index in [4.69, 9.17) is 4.74 Å². The second kappa shape index (κ2) is 7.51. The van der Waals surface area contributed by atoms with Crippen LogP contribution in [0.5, 0.6) is 0 Å². The number of pyridine rings is 1. The predicted molar refractivity (Wildman–Crippen MR) is 95.5 cm³/mol. The van der Waals surface area contributed by atoms with Crippen molar-refractivity contribution in [3.63, 3.8) is 0 Å². The minimum Gasteiger partial charge on any atom is -0.465 e. The molecular weight excluding hydrogens is 362 g/mol. The van der Waals surface area contributed by atoms with E-state index in [1.165, 1.54) is 18.4 Å². The van der Waals surface area contributed by atoms with Crippen molar-refractivity contribution in [2.75, 3.05) is 25.1 Å². The van der Waals surface area contributed by atoms with Crippen molar-refractivity contribution in [3.05, 3.63) is 41.4 Å². The van der Waals surface area contributed by atoms with Crippen molar-refractivity contribution in [1.82, 2.24) is 9.71 Å². The zero-order valence-corrected chi connectivity index (χ0v) is 15.3. The molecule has 2 aromatic rings. The first kappa shape index (κ1) is 17.8. The van der Waals surface area contributed by atoms with Crippen molar-refractivity contribution >= 4 is 33.1 Å². The number of ether oxygens (including phenoxy) is 1. The van der Waals surface area contributed by atoms with E-state index in [1.54, 1.807) is 35.8 Å². The van der Waals surface area contributed by atoms with Crippen LogP contribution in [0.15, 0.2) is 40.1 Å². The Morgan fingerprint density at radius 3 is 2.72 bits per heavy atom. The Bertz CT molecular complexity index is 829. The standard InChI is InChI=1S/C16H19N3O4S2/c1-23-16(20)13-4-2-8-17-15(13)19-9-6-12(7-10-19)18-25(21,22)14-5-3-11-24-14/h2-5,8,11-12,18H,6-7,9-10H2,1H3. The summed E-state index contributed by atoms with van der Waals surface area (Å²) in [5.41, 5.74) is 0.419. The molecule has 0 bridgehead atoms. The molecule has 3 rings (SSSR count). The van der Waals surface area contributed by atoms with Crippen LogP contribution < -0.4 is 9.62 Å². The highest BCUT2D eigenvalue weighted by atomic mass is 32.2. The Balaban J connectivity index is 1.66. The molecule has 25 heavy (non-hydrogen) atoms. The summed E-state index contributed by atoms with van der Waals surface area (Å²) in [6, 6.07) is 6.56. The average Bonchev–Trinajstić information content (AvgIpc) is 3.17. The van der Waals surface area contributed by atoms with Crippen LogP contribution in [0.4, 0.5) is 5.82 Å². The van der Waals surface area contributed by atoms with Gasteiger partial charge in [0.2, 0.25) is 10.0 Å². The molecule has 1 aliphatic rings. The molecule has 0 radical (unpaired) electrons. The van der Waals surface area contributed by atoms with Gasteiger partial charge in [-0.05, 0) is 36.4 Å². The fourth-order valence-corrected chi connectivity index (χ4v) is 5.14. The van der Waals surface area contributed by atoms with Gasteiger partial charge < -0.3 is 9.64 Å². The highest BCUT2D eigenvalue weighted by Gasteiger charge is 2.27. The molecule has 0 atom stereocenters. The largest absolute Gasteiger partial charge is 0.465 e. The molecule has 7 nitrogen and oxygen atoms in total. The van der Waals surface area contributed by atoms with Gasteiger partial charge in [0.05, 0.1) is 7.11 Å². The highest BCUT2D eigenvalue weighted by Crippen LogP contribution is 2.24. The molecule has 0 spiro atoms. The van der Waals surface area contributed by atoms with Gasteiger partial charge in [0, 0.05) is 25.3 Å². The number of nitrogens with one attached hydrogen (secondary N) is 1. The number of nitrogens with zero attached hydrogens (tertiary/aromatic N) is 2. The number of aromatic nitrogens is 1. The van der Waals surface area contributed by atoms with Gasteiger partial charge in [-0.1, -0.05) is 6.07 Å². The summed E-state index contributed by atoms with van der Waals surface area (Å²) in [6.07, 6.45) is 2.91. The van der Waals surface area contributed by atoms with Crippen LogP contribution in [-0.4, -0.2) is 45.6 Å². The number of piperidine rings is 1. The van der Waals surface area contributed by atoms with Gasteiger partial charge in [-0.25, -0.2) is 22.9 Å². The fraction of sp³-hybridized carbons (Fsp3) is 0.375. The molecule has 1 fully saturated rings. The minimum absolute atomic E-state index is 0.131. The van der Waals surface area contributed by atoms with E-state index in [1.807, 2.05) is 4.90 Å². The summed E-state index contributed by atoms with van der Waals surface area (Å²) in [5.74, 6) is 0.150. The van der Waals surface area contributed by atoms with Crippen LogP contribution in [0.25, 0.3) is 0 Å². The molecule has 0 unspecified atom stereocenters. The van der Waals surface area contributed by atoms with Crippen LogP contribution in [0, 0.1) is 0 Å². The second-order valence-electron chi connectivity index (χ2n) is 5.68. The molecule has 9 heteroatoms. The third kappa shape index (κ3) is 4.00. The number of anilines is 1. The summed E-state index contributed by atoms with van der Waals surface area (Å²) in [4.78, 5) is 18.2. The molecule has 0 aromatic carbocycles. The van der Waals surface area contributed by atoms with Crippen molar-refractivity contribution in [3.8, 4) is 0 Å². The van der Waals surface area contributed by atoms with E-state index in [-0.39, 0.29) is 6.04 Å². The van der Waals surface area contributed by atoms with Crippen LogP contribution in [-0.2, 0) is 14.8 Å². The molecule has 0 saturated carbocycles. The SMILES string of the molecule is COC(=O)c1cccnc1N1CCC(NS(=O)(=O)c2cccs2)CC1. The van der Waals surface area contributed by atoms with Gasteiger partial charge in [0.25, 0.3) is 0 Å². The zero-order chi connectivity index (χ0) is 17.9. The lowest BCUT2D eigenvalue weighted by Gasteiger charge is -2.33. The molecule has 0 aliphatic carbocycles. The van der Waals surface area contributed by atoms with E-state index in [2.05, 4.69) is 9.71 Å². The van der Waals surface area contributed by atoms with Gasteiger partial charge in [-0.2, -0.15) is 0 Å². The summed E-state index contributed by atoms with van der Waals surface area (Å²) >= 11 is 1.20. The smallest absolute Gasteiger partial charge is 0.341 e. The Morgan fingerprint density at radius 1 is 1.32 bits per heavy atom. The number of carbonyl (C=O) groups excluding carboxylic acids is 1. The lowest BCUT2D eigenvalue weighted by Crippen LogP contribution is -2.45. The van der Waals surface area contributed by atoms with Crippen LogP contribution in [0.3, 0.4) is 0 Å². The molecule has 1 aliphatic heterocycles. The van der Waals surface area contributed by atoms with Crippen LogP contribution in [0.1, 0.15) is 23.2 Å². The van der Waals surface area contributed by atoms with E-state index in [9.17, 15) is 13.2 Å². The van der Waals surface area contributed by atoms with Gasteiger partial charge >= 0.3 is 5.97 Å². The summed E-state index contributed by atoms with van der Waals surface area (Å²) in [6.45, 7) is 1.22. The zero-order valence-electron chi connectivity index (χ0n) is 13.7. The van der Waals surface area contributed by atoms with Crippen molar-refractivity contribution in [2.45, 2.75) is 23.1 Å². The maximum Gasteiger partial charge on any atom is 0.341 e. The Hall–Kier alpha value is -1.97. The van der Waals surface area contributed by atoms with Gasteiger partial charge in [0.15, 0.2) is 0 Å². The monoisotopic (exact) mass is 381 g/mol. The topological polar surface area (TPSA) is 88.6 Å². The number of esters is 1. The molecule has 0 amide bonds. The Kier molecular flexibility index (Phi) is 5.36. The summed E-state index contributed by atoms with van der Waals surface area (Å²) < 4.78 is 32.5. The predicted octanol–water partition coefficient (Wildman–Crippen LogP) is 1.88. The molecule has 1 saturated heterocycles. The first-order chi connectivity index (χ1) is 12.0. The lowest BCUT2D eigenvalue weighted by atomic mass is 10.1. The number of hydrogen-bond acceptors (Lipinski definition) is 7. The van der Waals surface area contributed by atoms with Crippen LogP contribution in [0.2, 0.25) is 0 Å².